The Kier molecular flexibility index (Phi) is 3.57. The van der Waals surface area contributed by atoms with Crippen LogP contribution in [0.2, 0.25) is 0 Å². The van der Waals surface area contributed by atoms with Gasteiger partial charge in [-0.2, -0.15) is 0 Å². The van der Waals surface area contributed by atoms with Gasteiger partial charge in [-0.05, 0) is 48.7 Å². The van der Waals surface area contributed by atoms with E-state index in [1.807, 2.05) is 18.2 Å². The number of hydrogen-bond donors (Lipinski definition) is 2. The highest BCUT2D eigenvalue weighted by Gasteiger charge is 2.15. The lowest BCUT2D eigenvalue weighted by Gasteiger charge is -2.06. The first-order chi connectivity index (χ1) is 12.0. The zero-order valence-corrected chi connectivity index (χ0v) is 14.2. The highest BCUT2D eigenvalue weighted by molar-refractivity contribution is 6.08. The molecule has 2 N–H and O–H groups in total. The van der Waals surface area contributed by atoms with Crippen LogP contribution < -0.4 is 0 Å². The lowest BCUT2D eigenvalue weighted by molar-refractivity contribution is -0.138. The molecule has 0 aliphatic heterocycles. The number of aromatic amines is 1. The van der Waals surface area contributed by atoms with Crippen LogP contribution in [-0.4, -0.2) is 16.1 Å². The number of carboxylic acid groups (broad SMARTS) is 1. The molecule has 4 aromatic rings. The molecular formula is C22H19NO2. The number of rotatable bonds is 3. The van der Waals surface area contributed by atoms with Crippen LogP contribution in [0.25, 0.3) is 32.9 Å². The Balaban J connectivity index is 1.85. The van der Waals surface area contributed by atoms with Gasteiger partial charge in [0.15, 0.2) is 0 Å². The van der Waals surface area contributed by atoms with Crippen LogP contribution in [0.15, 0.2) is 60.7 Å². The summed E-state index contributed by atoms with van der Waals surface area (Å²) in [6.07, 6.45) is 0. The van der Waals surface area contributed by atoms with Crippen molar-refractivity contribution in [3.05, 3.63) is 71.8 Å². The average Bonchev–Trinajstić information content (AvgIpc) is 2.98. The molecule has 1 unspecified atom stereocenters. The van der Waals surface area contributed by atoms with Crippen molar-refractivity contribution in [2.75, 3.05) is 0 Å². The van der Waals surface area contributed by atoms with E-state index < -0.39 is 11.9 Å². The standard InChI is InChI=1S/C22H19NO2/c1-13-3-5-15(6-4-13)17-8-10-20-19(11-17)18-9-7-16(12-21(18)23-20)14(2)22(24)25/h3-12,14,23H,1-2H3,(H,24,25). The topological polar surface area (TPSA) is 53.1 Å². The van der Waals surface area contributed by atoms with Crippen molar-refractivity contribution >= 4 is 27.8 Å². The van der Waals surface area contributed by atoms with E-state index in [0.717, 1.165) is 27.4 Å². The fraction of sp³-hybridized carbons (Fsp3) is 0.136. The molecule has 1 heterocycles. The van der Waals surface area contributed by atoms with Crippen molar-refractivity contribution in [2.45, 2.75) is 19.8 Å². The van der Waals surface area contributed by atoms with Crippen molar-refractivity contribution in [1.29, 1.82) is 0 Å². The predicted molar refractivity (Wildman–Crippen MR) is 102 cm³/mol. The third kappa shape index (κ3) is 2.68. The Morgan fingerprint density at radius 1 is 0.880 bits per heavy atom. The van der Waals surface area contributed by atoms with Gasteiger partial charge in [-0.1, -0.05) is 48.0 Å². The highest BCUT2D eigenvalue weighted by Crippen LogP contribution is 2.31. The van der Waals surface area contributed by atoms with Gasteiger partial charge in [0.05, 0.1) is 5.92 Å². The molecule has 0 aliphatic carbocycles. The number of aliphatic carboxylic acids is 1. The molecule has 3 heteroatoms. The summed E-state index contributed by atoms with van der Waals surface area (Å²) >= 11 is 0. The lowest BCUT2D eigenvalue weighted by atomic mass is 9.98. The van der Waals surface area contributed by atoms with Gasteiger partial charge in [-0.15, -0.1) is 0 Å². The maximum absolute atomic E-state index is 11.2. The van der Waals surface area contributed by atoms with E-state index >= 15 is 0 Å². The number of hydrogen-bond acceptors (Lipinski definition) is 1. The molecule has 0 fully saturated rings. The van der Waals surface area contributed by atoms with E-state index in [1.54, 1.807) is 6.92 Å². The Labute approximate surface area is 145 Å². The summed E-state index contributed by atoms with van der Waals surface area (Å²) in [5.74, 6) is -1.32. The monoisotopic (exact) mass is 329 g/mol. The molecule has 0 aliphatic rings. The van der Waals surface area contributed by atoms with Crippen LogP contribution in [0.5, 0.6) is 0 Å². The molecule has 0 radical (unpaired) electrons. The summed E-state index contributed by atoms with van der Waals surface area (Å²) in [5, 5.41) is 11.5. The minimum Gasteiger partial charge on any atom is -0.481 e. The Bertz CT molecular complexity index is 1090. The quantitative estimate of drug-likeness (QED) is 0.522. The predicted octanol–water partition coefficient (Wildman–Crippen LogP) is 5.48. The van der Waals surface area contributed by atoms with E-state index in [4.69, 9.17) is 0 Å². The second-order valence-electron chi connectivity index (χ2n) is 6.62. The molecule has 4 rings (SSSR count). The van der Waals surface area contributed by atoms with E-state index in [-0.39, 0.29) is 0 Å². The third-order valence-electron chi connectivity index (χ3n) is 4.88. The van der Waals surface area contributed by atoms with E-state index in [0.29, 0.717) is 0 Å². The third-order valence-corrected chi connectivity index (χ3v) is 4.88. The molecule has 124 valence electrons. The van der Waals surface area contributed by atoms with E-state index in [2.05, 4.69) is 54.4 Å². The number of carboxylic acids is 1. The molecule has 1 aromatic heterocycles. The zero-order chi connectivity index (χ0) is 17.6. The van der Waals surface area contributed by atoms with Crippen LogP contribution in [0.4, 0.5) is 0 Å². The number of carbonyl (C=O) groups is 1. The van der Waals surface area contributed by atoms with Gasteiger partial charge in [0.1, 0.15) is 0 Å². The second kappa shape index (κ2) is 5.78. The number of benzene rings is 3. The van der Waals surface area contributed by atoms with Crippen LogP contribution in [0.1, 0.15) is 24.0 Å². The summed E-state index contributed by atoms with van der Waals surface area (Å²) in [7, 11) is 0. The van der Waals surface area contributed by atoms with Crippen LogP contribution in [0.3, 0.4) is 0 Å². The number of aryl methyl sites for hydroxylation is 1. The Morgan fingerprint density at radius 3 is 2.32 bits per heavy atom. The molecule has 3 aromatic carbocycles. The molecule has 0 spiro atoms. The first-order valence-electron chi connectivity index (χ1n) is 8.38. The van der Waals surface area contributed by atoms with Gasteiger partial charge in [-0.25, -0.2) is 0 Å². The summed E-state index contributed by atoms with van der Waals surface area (Å²) in [6.45, 7) is 3.80. The average molecular weight is 329 g/mol. The van der Waals surface area contributed by atoms with Crippen molar-refractivity contribution in [3.8, 4) is 11.1 Å². The van der Waals surface area contributed by atoms with Gasteiger partial charge in [0.2, 0.25) is 0 Å². The molecule has 1 atom stereocenters. The van der Waals surface area contributed by atoms with Crippen molar-refractivity contribution in [1.82, 2.24) is 4.98 Å². The smallest absolute Gasteiger partial charge is 0.310 e. The van der Waals surface area contributed by atoms with E-state index in [1.165, 1.54) is 16.7 Å². The van der Waals surface area contributed by atoms with Gasteiger partial charge >= 0.3 is 5.97 Å². The first-order valence-corrected chi connectivity index (χ1v) is 8.38. The second-order valence-corrected chi connectivity index (χ2v) is 6.62. The maximum Gasteiger partial charge on any atom is 0.310 e. The minimum absolute atomic E-state index is 0.515. The Morgan fingerprint density at radius 2 is 1.60 bits per heavy atom. The summed E-state index contributed by atoms with van der Waals surface area (Å²) in [6, 6.07) is 20.8. The Hall–Kier alpha value is -3.07. The lowest BCUT2D eigenvalue weighted by Crippen LogP contribution is -2.06. The molecule has 0 saturated carbocycles. The molecular weight excluding hydrogens is 310 g/mol. The van der Waals surface area contributed by atoms with Crippen molar-refractivity contribution in [2.24, 2.45) is 0 Å². The van der Waals surface area contributed by atoms with Crippen molar-refractivity contribution in [3.63, 3.8) is 0 Å². The molecule has 25 heavy (non-hydrogen) atoms. The fourth-order valence-corrected chi connectivity index (χ4v) is 3.26. The van der Waals surface area contributed by atoms with Crippen LogP contribution in [-0.2, 0) is 4.79 Å². The summed E-state index contributed by atoms with van der Waals surface area (Å²) < 4.78 is 0. The van der Waals surface area contributed by atoms with Gasteiger partial charge < -0.3 is 10.1 Å². The molecule has 0 amide bonds. The number of fused-ring (bicyclic) bond motifs is 3. The van der Waals surface area contributed by atoms with Crippen LogP contribution >= 0.6 is 0 Å². The molecule has 0 saturated heterocycles. The van der Waals surface area contributed by atoms with Crippen molar-refractivity contribution < 1.29 is 9.90 Å². The zero-order valence-electron chi connectivity index (χ0n) is 14.2. The van der Waals surface area contributed by atoms with Crippen LogP contribution in [0, 0.1) is 6.92 Å². The largest absolute Gasteiger partial charge is 0.481 e. The van der Waals surface area contributed by atoms with Gasteiger partial charge in [-0.3, -0.25) is 4.79 Å². The van der Waals surface area contributed by atoms with E-state index in [9.17, 15) is 9.90 Å². The number of aromatic nitrogens is 1. The SMILES string of the molecule is Cc1ccc(-c2ccc3[nH]c4cc(C(C)C(=O)O)ccc4c3c2)cc1. The number of H-pyrrole nitrogens is 1. The summed E-state index contributed by atoms with van der Waals surface area (Å²) in [4.78, 5) is 14.6. The first kappa shape index (κ1) is 15.5. The number of nitrogens with one attached hydrogen (secondary N) is 1. The fourth-order valence-electron chi connectivity index (χ4n) is 3.26. The minimum atomic E-state index is -0.808. The maximum atomic E-state index is 11.2. The summed E-state index contributed by atoms with van der Waals surface area (Å²) in [5.41, 5.74) is 6.46. The molecule has 3 nitrogen and oxygen atoms in total. The highest BCUT2D eigenvalue weighted by atomic mass is 16.4. The molecule has 0 bridgehead atoms. The normalized spacial score (nSPS) is 12.6. The van der Waals surface area contributed by atoms with Gasteiger partial charge in [0.25, 0.3) is 0 Å². The van der Waals surface area contributed by atoms with Gasteiger partial charge in [0, 0.05) is 21.8 Å².